The fourth-order valence-corrected chi connectivity index (χ4v) is 2.65. The summed E-state index contributed by atoms with van der Waals surface area (Å²) in [6.45, 7) is 1.96. The first-order valence-corrected chi connectivity index (χ1v) is 7.27. The van der Waals surface area contributed by atoms with Crippen LogP contribution in [0.5, 0.6) is 0 Å². The fourth-order valence-electron chi connectivity index (χ4n) is 1.79. The highest BCUT2D eigenvalue weighted by atomic mass is 127. The van der Waals surface area contributed by atoms with Crippen molar-refractivity contribution in [3.8, 4) is 11.4 Å². The molecule has 5 heteroatoms. The van der Waals surface area contributed by atoms with Gasteiger partial charge in [0.1, 0.15) is 5.15 Å². The Kier molecular flexibility index (Phi) is 3.23. The standard InChI is InChI=1S/C13H11ClIN3/c1-7-2-3-9(6-16-7)13-17-11(8-4-5-8)10(15)12(14)18-13/h2-3,6,8H,4-5H2,1H3. The lowest BCUT2D eigenvalue weighted by Crippen LogP contribution is -1.99. The summed E-state index contributed by atoms with van der Waals surface area (Å²) < 4.78 is 0.987. The van der Waals surface area contributed by atoms with Gasteiger partial charge in [-0.2, -0.15) is 0 Å². The van der Waals surface area contributed by atoms with Crippen LogP contribution in [0.4, 0.5) is 0 Å². The molecular weight excluding hydrogens is 361 g/mol. The number of hydrogen-bond acceptors (Lipinski definition) is 3. The molecule has 1 saturated carbocycles. The quantitative estimate of drug-likeness (QED) is 0.592. The monoisotopic (exact) mass is 371 g/mol. The summed E-state index contributed by atoms with van der Waals surface area (Å²) in [4.78, 5) is 13.3. The van der Waals surface area contributed by atoms with Crippen LogP contribution in [0.15, 0.2) is 18.3 Å². The van der Waals surface area contributed by atoms with Crippen molar-refractivity contribution in [3.63, 3.8) is 0 Å². The summed E-state index contributed by atoms with van der Waals surface area (Å²) in [6, 6.07) is 3.94. The molecule has 3 rings (SSSR count). The molecule has 0 bridgehead atoms. The molecule has 1 fully saturated rings. The molecule has 0 amide bonds. The van der Waals surface area contributed by atoms with Gasteiger partial charge in [-0.3, -0.25) is 4.98 Å². The van der Waals surface area contributed by atoms with Crippen molar-refractivity contribution < 1.29 is 0 Å². The van der Waals surface area contributed by atoms with Gasteiger partial charge in [0.2, 0.25) is 0 Å². The van der Waals surface area contributed by atoms with Gasteiger partial charge in [0.05, 0.1) is 9.26 Å². The third-order valence-electron chi connectivity index (χ3n) is 2.97. The average molecular weight is 372 g/mol. The SMILES string of the molecule is Cc1ccc(-c2nc(Cl)c(I)c(C3CC3)n2)cn1. The van der Waals surface area contributed by atoms with E-state index >= 15 is 0 Å². The summed E-state index contributed by atoms with van der Waals surface area (Å²) in [5, 5.41) is 0.545. The Labute approximate surface area is 124 Å². The van der Waals surface area contributed by atoms with Crippen LogP contribution in [0.25, 0.3) is 11.4 Å². The zero-order valence-electron chi connectivity index (χ0n) is 9.82. The molecule has 0 saturated heterocycles. The fraction of sp³-hybridized carbons (Fsp3) is 0.308. The van der Waals surface area contributed by atoms with Crippen molar-refractivity contribution >= 4 is 34.2 Å². The van der Waals surface area contributed by atoms with Gasteiger partial charge < -0.3 is 0 Å². The van der Waals surface area contributed by atoms with Gasteiger partial charge in [0.25, 0.3) is 0 Å². The maximum absolute atomic E-state index is 6.19. The van der Waals surface area contributed by atoms with Gasteiger partial charge in [0, 0.05) is 23.4 Å². The first-order chi connectivity index (χ1) is 8.65. The van der Waals surface area contributed by atoms with Crippen molar-refractivity contribution in [2.24, 2.45) is 0 Å². The second-order valence-electron chi connectivity index (χ2n) is 4.50. The van der Waals surface area contributed by atoms with Crippen molar-refractivity contribution in [3.05, 3.63) is 38.4 Å². The van der Waals surface area contributed by atoms with Gasteiger partial charge in [-0.15, -0.1) is 0 Å². The summed E-state index contributed by atoms with van der Waals surface area (Å²) in [6.07, 6.45) is 4.20. The van der Waals surface area contributed by atoms with E-state index in [1.54, 1.807) is 6.20 Å². The first kappa shape index (κ1) is 12.3. The highest BCUT2D eigenvalue weighted by molar-refractivity contribution is 14.1. The van der Waals surface area contributed by atoms with E-state index < -0.39 is 0 Å². The van der Waals surface area contributed by atoms with Crippen molar-refractivity contribution in [1.82, 2.24) is 15.0 Å². The molecule has 2 aromatic rings. The number of halogens is 2. The van der Waals surface area contributed by atoms with Crippen LogP contribution in [-0.4, -0.2) is 15.0 Å². The maximum atomic E-state index is 6.19. The van der Waals surface area contributed by atoms with E-state index in [1.807, 2.05) is 19.1 Å². The minimum Gasteiger partial charge on any atom is -0.261 e. The number of nitrogens with zero attached hydrogens (tertiary/aromatic N) is 3. The van der Waals surface area contributed by atoms with Crippen molar-refractivity contribution in [2.75, 3.05) is 0 Å². The van der Waals surface area contributed by atoms with Crippen LogP contribution in [0, 0.1) is 10.5 Å². The lowest BCUT2D eigenvalue weighted by atomic mass is 10.2. The van der Waals surface area contributed by atoms with Gasteiger partial charge >= 0.3 is 0 Å². The minimum absolute atomic E-state index is 0.545. The number of aryl methyl sites for hydroxylation is 1. The van der Waals surface area contributed by atoms with E-state index in [-0.39, 0.29) is 0 Å². The van der Waals surface area contributed by atoms with E-state index in [4.69, 9.17) is 11.6 Å². The van der Waals surface area contributed by atoms with Gasteiger partial charge in [0.15, 0.2) is 5.82 Å². The molecule has 0 unspecified atom stereocenters. The van der Waals surface area contributed by atoms with E-state index in [2.05, 4.69) is 37.5 Å². The molecule has 0 atom stereocenters. The second kappa shape index (κ2) is 4.74. The van der Waals surface area contributed by atoms with E-state index in [1.165, 1.54) is 12.8 Å². The van der Waals surface area contributed by atoms with Crippen LogP contribution in [0.3, 0.4) is 0 Å². The van der Waals surface area contributed by atoms with Crippen LogP contribution >= 0.6 is 34.2 Å². The lowest BCUT2D eigenvalue weighted by molar-refractivity contribution is 0.976. The largest absolute Gasteiger partial charge is 0.261 e. The molecule has 0 N–H and O–H groups in total. The molecule has 0 aromatic carbocycles. The minimum atomic E-state index is 0.545. The molecule has 0 radical (unpaired) electrons. The Morgan fingerprint density at radius 3 is 2.67 bits per heavy atom. The third-order valence-corrected chi connectivity index (χ3v) is 4.63. The summed E-state index contributed by atoms with van der Waals surface area (Å²) in [5.41, 5.74) is 2.99. The summed E-state index contributed by atoms with van der Waals surface area (Å²) >= 11 is 8.42. The Morgan fingerprint density at radius 2 is 2.06 bits per heavy atom. The summed E-state index contributed by atoms with van der Waals surface area (Å²) in [5.74, 6) is 1.24. The summed E-state index contributed by atoms with van der Waals surface area (Å²) in [7, 11) is 0. The van der Waals surface area contributed by atoms with Gasteiger partial charge in [-0.05, 0) is 54.5 Å². The number of pyridine rings is 1. The molecule has 1 aliphatic rings. The average Bonchev–Trinajstić information content (AvgIpc) is 3.18. The van der Waals surface area contributed by atoms with Crippen molar-refractivity contribution in [1.29, 1.82) is 0 Å². The van der Waals surface area contributed by atoms with E-state index in [9.17, 15) is 0 Å². The normalized spacial score (nSPS) is 14.8. The number of hydrogen-bond donors (Lipinski definition) is 0. The lowest BCUT2D eigenvalue weighted by Gasteiger charge is -2.07. The molecule has 0 spiro atoms. The van der Waals surface area contributed by atoms with E-state index in [0.717, 1.165) is 20.5 Å². The third kappa shape index (κ3) is 2.36. The Hall–Kier alpha value is -0.750. The predicted molar refractivity (Wildman–Crippen MR) is 79.7 cm³/mol. The molecule has 92 valence electrons. The highest BCUT2D eigenvalue weighted by Crippen LogP contribution is 2.42. The van der Waals surface area contributed by atoms with Crippen LogP contribution in [0.2, 0.25) is 5.15 Å². The van der Waals surface area contributed by atoms with Crippen LogP contribution in [0.1, 0.15) is 30.1 Å². The second-order valence-corrected chi connectivity index (χ2v) is 5.94. The topological polar surface area (TPSA) is 38.7 Å². The zero-order valence-corrected chi connectivity index (χ0v) is 12.7. The Morgan fingerprint density at radius 1 is 1.28 bits per heavy atom. The molecule has 0 aliphatic heterocycles. The molecule has 1 aliphatic carbocycles. The molecular formula is C13H11ClIN3. The van der Waals surface area contributed by atoms with E-state index in [0.29, 0.717) is 16.9 Å². The van der Waals surface area contributed by atoms with Gasteiger partial charge in [-0.1, -0.05) is 11.6 Å². The molecule has 3 nitrogen and oxygen atoms in total. The highest BCUT2D eigenvalue weighted by Gasteiger charge is 2.29. The Bertz CT molecular complexity index is 594. The smallest absolute Gasteiger partial charge is 0.162 e. The Balaban J connectivity index is 2.09. The number of rotatable bonds is 2. The van der Waals surface area contributed by atoms with Crippen LogP contribution in [-0.2, 0) is 0 Å². The number of aromatic nitrogens is 3. The van der Waals surface area contributed by atoms with Gasteiger partial charge in [-0.25, -0.2) is 9.97 Å². The van der Waals surface area contributed by atoms with Crippen LogP contribution < -0.4 is 0 Å². The van der Waals surface area contributed by atoms with Crippen molar-refractivity contribution in [2.45, 2.75) is 25.7 Å². The molecule has 2 aromatic heterocycles. The first-order valence-electron chi connectivity index (χ1n) is 5.81. The molecule has 2 heterocycles. The predicted octanol–water partition coefficient (Wildman–Crippen LogP) is 3.98. The zero-order chi connectivity index (χ0) is 12.7. The molecule has 18 heavy (non-hydrogen) atoms. The maximum Gasteiger partial charge on any atom is 0.162 e.